The molecule has 0 saturated heterocycles. The van der Waals surface area contributed by atoms with Crippen molar-refractivity contribution in [2.24, 2.45) is 0 Å². The molecule has 6 heteroatoms. The Bertz CT molecular complexity index is 531. The zero-order valence-electron chi connectivity index (χ0n) is 10.6. The molecular weight excluding hydrogens is 248 g/mol. The summed E-state index contributed by atoms with van der Waals surface area (Å²) in [4.78, 5) is 26.9. The van der Waals surface area contributed by atoms with Crippen molar-refractivity contribution in [3.63, 3.8) is 0 Å². The van der Waals surface area contributed by atoms with Gasteiger partial charge in [0.2, 0.25) is 0 Å². The third-order valence-electron chi connectivity index (χ3n) is 2.21. The van der Waals surface area contributed by atoms with Crippen LogP contribution in [0.25, 0.3) is 0 Å². The standard InChI is InChI=1S/C13H14N2O4/c1-9(13(18)19-2)15-12(17)11-6-10(4-3-5-16)7-14-8-11/h6-9,16H,5H2,1-2H3,(H,15,17). The van der Waals surface area contributed by atoms with Crippen LogP contribution in [0, 0.1) is 11.8 Å². The van der Waals surface area contributed by atoms with E-state index in [1.165, 1.54) is 32.5 Å². The van der Waals surface area contributed by atoms with Crippen LogP contribution in [0.3, 0.4) is 0 Å². The van der Waals surface area contributed by atoms with E-state index in [-0.39, 0.29) is 12.2 Å². The van der Waals surface area contributed by atoms with Gasteiger partial charge in [-0.2, -0.15) is 0 Å². The molecule has 0 fully saturated rings. The maximum absolute atomic E-state index is 11.8. The summed E-state index contributed by atoms with van der Waals surface area (Å²) >= 11 is 0. The Balaban J connectivity index is 2.80. The van der Waals surface area contributed by atoms with Crippen LogP contribution >= 0.6 is 0 Å². The molecule has 1 heterocycles. The summed E-state index contributed by atoms with van der Waals surface area (Å²) in [6.45, 7) is 1.25. The van der Waals surface area contributed by atoms with Crippen molar-refractivity contribution in [2.75, 3.05) is 13.7 Å². The largest absolute Gasteiger partial charge is 0.467 e. The lowest BCUT2D eigenvalue weighted by molar-refractivity contribution is -0.142. The average Bonchev–Trinajstić information content (AvgIpc) is 2.44. The molecule has 0 aliphatic heterocycles. The highest BCUT2D eigenvalue weighted by molar-refractivity contribution is 5.96. The van der Waals surface area contributed by atoms with Crippen LogP contribution in [-0.4, -0.2) is 41.7 Å². The SMILES string of the molecule is COC(=O)C(C)NC(=O)c1cncc(C#CCO)c1. The molecule has 1 rings (SSSR count). The fourth-order valence-electron chi connectivity index (χ4n) is 1.29. The van der Waals surface area contributed by atoms with Crippen LogP contribution in [0.15, 0.2) is 18.5 Å². The van der Waals surface area contributed by atoms with Gasteiger partial charge in [-0.3, -0.25) is 9.78 Å². The molecule has 1 amide bonds. The van der Waals surface area contributed by atoms with Gasteiger partial charge < -0.3 is 15.2 Å². The molecule has 100 valence electrons. The summed E-state index contributed by atoms with van der Waals surface area (Å²) in [5.41, 5.74) is 0.785. The Morgan fingerprint density at radius 1 is 1.53 bits per heavy atom. The first-order chi connectivity index (χ1) is 9.08. The molecular formula is C13H14N2O4. The summed E-state index contributed by atoms with van der Waals surface area (Å²) in [7, 11) is 1.25. The maximum Gasteiger partial charge on any atom is 0.328 e. The molecule has 1 aromatic heterocycles. The number of aliphatic hydroxyl groups is 1. The zero-order valence-corrected chi connectivity index (χ0v) is 10.6. The van der Waals surface area contributed by atoms with Crippen LogP contribution in [0.2, 0.25) is 0 Å². The van der Waals surface area contributed by atoms with Crippen molar-refractivity contribution in [3.05, 3.63) is 29.6 Å². The van der Waals surface area contributed by atoms with Gasteiger partial charge in [-0.1, -0.05) is 11.8 Å². The van der Waals surface area contributed by atoms with E-state index in [1.807, 2.05) is 0 Å². The summed E-state index contributed by atoms with van der Waals surface area (Å²) < 4.78 is 4.51. The van der Waals surface area contributed by atoms with E-state index in [1.54, 1.807) is 0 Å². The maximum atomic E-state index is 11.8. The Hall–Kier alpha value is -2.39. The fourth-order valence-corrected chi connectivity index (χ4v) is 1.29. The number of aliphatic hydroxyl groups excluding tert-OH is 1. The number of ether oxygens (including phenoxy) is 1. The van der Waals surface area contributed by atoms with E-state index >= 15 is 0 Å². The number of amides is 1. The predicted molar refractivity (Wildman–Crippen MR) is 67.1 cm³/mol. The molecule has 1 unspecified atom stereocenters. The molecule has 19 heavy (non-hydrogen) atoms. The molecule has 1 aromatic rings. The van der Waals surface area contributed by atoms with Crippen molar-refractivity contribution >= 4 is 11.9 Å². The van der Waals surface area contributed by atoms with E-state index < -0.39 is 17.9 Å². The first kappa shape index (κ1) is 14.7. The first-order valence-electron chi connectivity index (χ1n) is 5.52. The van der Waals surface area contributed by atoms with Gasteiger partial charge in [0.1, 0.15) is 12.6 Å². The number of hydrogen-bond acceptors (Lipinski definition) is 5. The van der Waals surface area contributed by atoms with Crippen LogP contribution in [0.4, 0.5) is 0 Å². The van der Waals surface area contributed by atoms with Gasteiger partial charge in [0, 0.05) is 18.0 Å². The number of nitrogens with zero attached hydrogens (tertiary/aromatic N) is 1. The molecule has 0 aromatic carbocycles. The highest BCUT2D eigenvalue weighted by atomic mass is 16.5. The summed E-state index contributed by atoms with van der Waals surface area (Å²) in [5, 5.41) is 11.1. The molecule has 6 nitrogen and oxygen atoms in total. The lowest BCUT2D eigenvalue weighted by atomic mass is 10.2. The molecule has 2 N–H and O–H groups in total. The highest BCUT2D eigenvalue weighted by Crippen LogP contribution is 2.02. The van der Waals surface area contributed by atoms with E-state index in [9.17, 15) is 9.59 Å². The number of nitrogens with one attached hydrogen (secondary N) is 1. The quantitative estimate of drug-likeness (QED) is 0.577. The van der Waals surface area contributed by atoms with Gasteiger partial charge in [-0.05, 0) is 13.0 Å². The van der Waals surface area contributed by atoms with Crippen LogP contribution < -0.4 is 5.32 Å². The molecule has 1 atom stereocenters. The second-order valence-corrected chi connectivity index (χ2v) is 3.64. The topological polar surface area (TPSA) is 88.5 Å². The van der Waals surface area contributed by atoms with Gasteiger partial charge in [0.15, 0.2) is 0 Å². The Labute approximate surface area is 110 Å². The van der Waals surface area contributed by atoms with Crippen LogP contribution in [-0.2, 0) is 9.53 Å². The molecule has 0 aliphatic carbocycles. The number of esters is 1. The zero-order chi connectivity index (χ0) is 14.3. The number of carbonyl (C=O) groups is 2. The van der Waals surface area contributed by atoms with E-state index in [0.29, 0.717) is 5.56 Å². The summed E-state index contributed by atoms with van der Waals surface area (Å²) in [5.74, 6) is 4.12. The second-order valence-electron chi connectivity index (χ2n) is 3.64. The number of carbonyl (C=O) groups excluding carboxylic acids is 2. The summed E-state index contributed by atoms with van der Waals surface area (Å²) in [6.07, 6.45) is 2.84. The lowest BCUT2D eigenvalue weighted by Crippen LogP contribution is -2.39. The van der Waals surface area contributed by atoms with Crippen LogP contribution in [0.1, 0.15) is 22.8 Å². The summed E-state index contributed by atoms with van der Waals surface area (Å²) in [6, 6.07) is 0.777. The van der Waals surface area contributed by atoms with Gasteiger partial charge in [0.05, 0.1) is 12.7 Å². The van der Waals surface area contributed by atoms with E-state index in [0.717, 1.165) is 0 Å². The minimum atomic E-state index is -0.746. The normalized spacial score (nSPS) is 10.9. The van der Waals surface area contributed by atoms with Gasteiger partial charge >= 0.3 is 5.97 Å². The fraction of sp³-hybridized carbons (Fsp3) is 0.308. The van der Waals surface area contributed by atoms with E-state index in [4.69, 9.17) is 5.11 Å². The highest BCUT2D eigenvalue weighted by Gasteiger charge is 2.17. The third kappa shape index (κ3) is 4.41. The Kier molecular flexibility index (Phi) is 5.51. The molecule has 0 bridgehead atoms. The van der Waals surface area contributed by atoms with Crippen LogP contribution in [0.5, 0.6) is 0 Å². The molecule has 0 aliphatic rings. The Morgan fingerprint density at radius 2 is 2.26 bits per heavy atom. The van der Waals surface area contributed by atoms with Crippen molar-refractivity contribution < 1.29 is 19.4 Å². The first-order valence-corrected chi connectivity index (χ1v) is 5.52. The molecule has 0 saturated carbocycles. The van der Waals surface area contributed by atoms with Crippen molar-refractivity contribution in [3.8, 4) is 11.8 Å². The smallest absolute Gasteiger partial charge is 0.328 e. The van der Waals surface area contributed by atoms with E-state index in [2.05, 4.69) is 26.9 Å². The molecule has 0 spiro atoms. The average molecular weight is 262 g/mol. The predicted octanol–water partition coefficient (Wildman–Crippen LogP) is -0.283. The van der Waals surface area contributed by atoms with Crippen molar-refractivity contribution in [1.29, 1.82) is 0 Å². The van der Waals surface area contributed by atoms with Gasteiger partial charge in [0.25, 0.3) is 5.91 Å². The van der Waals surface area contributed by atoms with Crippen molar-refractivity contribution in [1.82, 2.24) is 10.3 Å². The minimum absolute atomic E-state index is 0.268. The van der Waals surface area contributed by atoms with Gasteiger partial charge in [-0.15, -0.1) is 0 Å². The third-order valence-corrected chi connectivity index (χ3v) is 2.21. The monoisotopic (exact) mass is 262 g/mol. The number of methoxy groups -OCH3 is 1. The second kappa shape index (κ2) is 7.13. The minimum Gasteiger partial charge on any atom is -0.467 e. The number of aromatic nitrogens is 1. The number of rotatable bonds is 3. The van der Waals surface area contributed by atoms with Gasteiger partial charge in [-0.25, -0.2) is 4.79 Å². The Morgan fingerprint density at radius 3 is 2.89 bits per heavy atom. The number of pyridine rings is 1. The lowest BCUT2D eigenvalue weighted by Gasteiger charge is -2.11. The number of hydrogen-bond donors (Lipinski definition) is 2. The van der Waals surface area contributed by atoms with Crippen molar-refractivity contribution in [2.45, 2.75) is 13.0 Å². The molecule has 0 radical (unpaired) electrons.